The Morgan fingerprint density at radius 3 is 2.46 bits per heavy atom. The summed E-state index contributed by atoms with van der Waals surface area (Å²) in [7, 11) is 1.30. The molecule has 0 aromatic heterocycles. The van der Waals surface area contributed by atoms with E-state index >= 15 is 0 Å². The van der Waals surface area contributed by atoms with Crippen molar-refractivity contribution < 1.29 is 24.1 Å². The molecule has 0 unspecified atom stereocenters. The van der Waals surface area contributed by atoms with Gasteiger partial charge in [0.15, 0.2) is 11.4 Å². The molecule has 1 heterocycles. The Labute approximate surface area is 162 Å². The van der Waals surface area contributed by atoms with Crippen molar-refractivity contribution in [3.8, 4) is 5.75 Å². The number of ether oxygens (including phenoxy) is 2. The number of halogens is 1. The molecule has 0 atom stereocenters. The number of hydrogen-bond acceptors (Lipinski definition) is 8. The van der Waals surface area contributed by atoms with Gasteiger partial charge in [0, 0.05) is 17.7 Å². The molecule has 142 valence electrons. The molecule has 11 heteroatoms. The van der Waals surface area contributed by atoms with Crippen LogP contribution in [0.1, 0.15) is 11.1 Å². The molecule has 1 aliphatic heterocycles. The lowest BCUT2D eigenvalue weighted by atomic mass is 10.1. The van der Waals surface area contributed by atoms with Crippen LogP contribution in [0.2, 0.25) is 5.02 Å². The Morgan fingerprint density at radius 1 is 1.11 bits per heavy atom. The Bertz CT molecular complexity index is 1080. The van der Waals surface area contributed by atoms with Crippen molar-refractivity contribution >= 4 is 40.9 Å². The highest BCUT2D eigenvalue weighted by Crippen LogP contribution is 2.30. The third kappa shape index (κ3) is 3.67. The Kier molecular flexibility index (Phi) is 5.05. The van der Waals surface area contributed by atoms with Gasteiger partial charge in [0.2, 0.25) is 5.90 Å². The number of aliphatic imine (C=N–C) groups is 1. The number of cyclic esters (lactones) is 1. The van der Waals surface area contributed by atoms with E-state index in [1.807, 2.05) is 0 Å². The van der Waals surface area contributed by atoms with Gasteiger partial charge in [-0.1, -0.05) is 17.7 Å². The van der Waals surface area contributed by atoms with E-state index in [-0.39, 0.29) is 39.3 Å². The van der Waals surface area contributed by atoms with Gasteiger partial charge in [0.1, 0.15) is 5.02 Å². The fraction of sp³-hybridized carbons (Fsp3) is 0.0588. The number of benzene rings is 2. The SMILES string of the molecule is COc1ccc(C=C2N=C(c3ccc(Cl)c([N+](=O)[O-])c3)OC2=O)cc1[N+](=O)[O-]. The van der Waals surface area contributed by atoms with E-state index in [4.69, 9.17) is 21.1 Å². The smallest absolute Gasteiger partial charge is 0.363 e. The maximum atomic E-state index is 12.1. The first-order chi connectivity index (χ1) is 13.3. The lowest BCUT2D eigenvalue weighted by molar-refractivity contribution is -0.385. The number of rotatable bonds is 5. The fourth-order valence-electron chi connectivity index (χ4n) is 2.42. The van der Waals surface area contributed by atoms with Crippen molar-refractivity contribution in [2.45, 2.75) is 0 Å². The minimum absolute atomic E-state index is 0.0683. The van der Waals surface area contributed by atoms with E-state index in [0.29, 0.717) is 5.56 Å². The standard InChI is InChI=1S/C17H10ClN3O7/c1-27-15-5-2-9(7-14(15)21(25)26)6-12-17(22)28-16(19-12)10-3-4-11(18)13(8-10)20(23)24/h2-8H,1H3. The summed E-state index contributed by atoms with van der Waals surface area (Å²) in [6.07, 6.45) is 1.30. The van der Waals surface area contributed by atoms with Crippen LogP contribution in [0.15, 0.2) is 47.1 Å². The minimum Gasteiger partial charge on any atom is -0.490 e. The fourth-order valence-corrected chi connectivity index (χ4v) is 2.60. The van der Waals surface area contributed by atoms with Crippen LogP contribution < -0.4 is 4.74 Å². The Balaban J connectivity index is 1.98. The zero-order valence-corrected chi connectivity index (χ0v) is 14.9. The van der Waals surface area contributed by atoms with Crippen molar-refractivity contribution in [3.05, 3.63) is 78.5 Å². The Hall–Kier alpha value is -3.79. The highest BCUT2D eigenvalue weighted by Gasteiger charge is 2.26. The lowest BCUT2D eigenvalue weighted by Gasteiger charge is -2.02. The molecule has 0 bridgehead atoms. The van der Waals surface area contributed by atoms with Crippen molar-refractivity contribution in [2.24, 2.45) is 4.99 Å². The monoisotopic (exact) mass is 403 g/mol. The molecule has 0 amide bonds. The van der Waals surface area contributed by atoms with Crippen molar-refractivity contribution in [1.29, 1.82) is 0 Å². The van der Waals surface area contributed by atoms with Crippen LogP contribution in [0, 0.1) is 20.2 Å². The Morgan fingerprint density at radius 2 is 1.82 bits per heavy atom. The molecule has 3 rings (SSSR count). The number of hydrogen-bond donors (Lipinski definition) is 0. The first kappa shape index (κ1) is 19.0. The van der Waals surface area contributed by atoms with Crippen LogP contribution in [-0.2, 0) is 9.53 Å². The second-order valence-corrected chi connectivity index (χ2v) is 5.85. The molecule has 2 aromatic rings. The molecule has 0 saturated heterocycles. The minimum atomic E-state index is -0.800. The third-order valence-electron chi connectivity index (χ3n) is 3.71. The summed E-state index contributed by atoms with van der Waals surface area (Å²) in [6.45, 7) is 0. The lowest BCUT2D eigenvalue weighted by Crippen LogP contribution is -2.06. The molecule has 28 heavy (non-hydrogen) atoms. The van der Waals surface area contributed by atoms with E-state index in [1.165, 1.54) is 43.5 Å². The van der Waals surface area contributed by atoms with Crippen molar-refractivity contribution in [2.75, 3.05) is 7.11 Å². The van der Waals surface area contributed by atoms with E-state index in [2.05, 4.69) is 4.99 Å². The number of nitrogens with zero attached hydrogens (tertiary/aromatic N) is 3. The zero-order chi connectivity index (χ0) is 20.4. The predicted molar refractivity (Wildman–Crippen MR) is 98.4 cm³/mol. The molecule has 0 fully saturated rings. The maximum absolute atomic E-state index is 12.1. The number of nitro benzene ring substituents is 2. The normalized spacial score (nSPS) is 14.6. The van der Waals surface area contributed by atoms with Crippen LogP contribution in [0.3, 0.4) is 0 Å². The highest BCUT2D eigenvalue weighted by atomic mass is 35.5. The number of methoxy groups -OCH3 is 1. The summed E-state index contributed by atoms with van der Waals surface area (Å²) in [6, 6.07) is 7.96. The number of esters is 1. The highest BCUT2D eigenvalue weighted by molar-refractivity contribution is 6.32. The van der Waals surface area contributed by atoms with Crippen molar-refractivity contribution in [1.82, 2.24) is 0 Å². The topological polar surface area (TPSA) is 134 Å². The largest absolute Gasteiger partial charge is 0.490 e. The molecule has 0 radical (unpaired) electrons. The number of carbonyl (C=O) groups excluding carboxylic acids is 1. The number of carbonyl (C=O) groups is 1. The van der Waals surface area contributed by atoms with Gasteiger partial charge in [-0.15, -0.1) is 0 Å². The van der Waals surface area contributed by atoms with Gasteiger partial charge < -0.3 is 9.47 Å². The molecule has 10 nitrogen and oxygen atoms in total. The molecule has 0 spiro atoms. The molecular formula is C17H10ClN3O7. The predicted octanol–water partition coefficient (Wildman–Crippen LogP) is 3.51. The molecule has 1 aliphatic rings. The van der Waals surface area contributed by atoms with Crippen LogP contribution in [0.4, 0.5) is 11.4 Å². The van der Waals surface area contributed by atoms with E-state index in [1.54, 1.807) is 0 Å². The zero-order valence-electron chi connectivity index (χ0n) is 14.1. The third-order valence-corrected chi connectivity index (χ3v) is 4.03. The van der Waals surface area contributed by atoms with Gasteiger partial charge in [0.25, 0.3) is 5.69 Å². The second kappa shape index (κ2) is 7.45. The average Bonchev–Trinajstić information content (AvgIpc) is 3.02. The van der Waals surface area contributed by atoms with Crippen LogP contribution in [-0.4, -0.2) is 28.8 Å². The van der Waals surface area contributed by atoms with Crippen molar-refractivity contribution in [3.63, 3.8) is 0 Å². The summed E-state index contributed by atoms with van der Waals surface area (Å²) in [5, 5.41) is 22.0. The second-order valence-electron chi connectivity index (χ2n) is 5.45. The molecule has 2 aromatic carbocycles. The van der Waals surface area contributed by atoms with E-state index in [9.17, 15) is 25.0 Å². The van der Waals surface area contributed by atoms with Gasteiger partial charge in [0.05, 0.1) is 17.0 Å². The van der Waals surface area contributed by atoms with Crippen LogP contribution in [0.25, 0.3) is 6.08 Å². The van der Waals surface area contributed by atoms with E-state index in [0.717, 1.165) is 6.07 Å². The van der Waals surface area contributed by atoms with Gasteiger partial charge >= 0.3 is 11.7 Å². The van der Waals surface area contributed by atoms with Gasteiger partial charge in [-0.3, -0.25) is 20.2 Å². The van der Waals surface area contributed by atoms with E-state index < -0.39 is 15.8 Å². The van der Waals surface area contributed by atoms with Gasteiger partial charge in [-0.05, 0) is 29.8 Å². The number of nitro groups is 2. The summed E-state index contributed by atoms with van der Waals surface area (Å²) in [4.78, 5) is 36.9. The molecule has 0 saturated carbocycles. The average molecular weight is 404 g/mol. The van der Waals surface area contributed by atoms with Crippen LogP contribution in [0.5, 0.6) is 5.75 Å². The first-order valence-corrected chi connectivity index (χ1v) is 7.97. The first-order valence-electron chi connectivity index (χ1n) is 7.59. The summed E-state index contributed by atoms with van der Waals surface area (Å²) in [5.41, 5.74) is -0.242. The van der Waals surface area contributed by atoms with Gasteiger partial charge in [-0.2, -0.15) is 0 Å². The summed E-state index contributed by atoms with van der Waals surface area (Å²) >= 11 is 5.76. The molecule has 0 aliphatic carbocycles. The summed E-state index contributed by atoms with van der Waals surface area (Å²) in [5.74, 6) is -0.871. The maximum Gasteiger partial charge on any atom is 0.363 e. The van der Waals surface area contributed by atoms with Crippen LogP contribution >= 0.6 is 11.6 Å². The summed E-state index contributed by atoms with van der Waals surface area (Å²) < 4.78 is 9.97. The molecular weight excluding hydrogens is 394 g/mol. The molecule has 0 N–H and O–H groups in total. The quantitative estimate of drug-likeness (QED) is 0.322. The van der Waals surface area contributed by atoms with Gasteiger partial charge in [-0.25, -0.2) is 9.79 Å².